The molecule has 2 aromatic carbocycles. The fourth-order valence-corrected chi connectivity index (χ4v) is 6.55. The Morgan fingerprint density at radius 2 is 1.69 bits per heavy atom. The molecule has 2 N–H and O–H groups in total. The van der Waals surface area contributed by atoms with Gasteiger partial charge in [-0.2, -0.15) is 0 Å². The number of carbonyl (C=O) groups excluding carboxylic acids is 1. The fraction of sp³-hybridized carbons (Fsp3) is 0.409. The minimum Gasteiger partial charge on any atom is -0.456 e. The Balaban J connectivity index is 2.16. The summed E-state index contributed by atoms with van der Waals surface area (Å²) < 4.78 is 32.1. The van der Waals surface area contributed by atoms with Crippen molar-refractivity contribution in [3.8, 4) is 11.5 Å². The predicted octanol–water partition coefficient (Wildman–Crippen LogP) is 3.23. The lowest BCUT2D eigenvalue weighted by molar-refractivity contribution is -0.125. The van der Waals surface area contributed by atoms with Gasteiger partial charge in [0, 0.05) is 18.0 Å². The molecule has 1 aliphatic rings. The first kappa shape index (κ1) is 21.3. The number of rotatable bonds is 5. The summed E-state index contributed by atoms with van der Waals surface area (Å²) >= 11 is 0. The van der Waals surface area contributed by atoms with Crippen molar-refractivity contribution in [3.63, 3.8) is 0 Å². The van der Waals surface area contributed by atoms with Crippen molar-refractivity contribution in [3.05, 3.63) is 54.6 Å². The Labute approximate surface area is 172 Å². The number of hydrogen-bond acceptors (Lipinski definition) is 5. The molecule has 1 saturated heterocycles. The van der Waals surface area contributed by atoms with E-state index in [1.54, 1.807) is 49.4 Å². The quantitative estimate of drug-likeness (QED) is 0.808. The number of hydrogen-bond donors (Lipinski definition) is 1. The highest BCUT2D eigenvalue weighted by Crippen LogP contribution is 2.47. The number of sulfone groups is 1. The molecule has 0 aromatic heterocycles. The number of ether oxygens (including phenoxy) is 1. The molecule has 2 unspecified atom stereocenters. The van der Waals surface area contributed by atoms with E-state index in [1.165, 1.54) is 6.07 Å². The normalized spacial score (nSPS) is 24.8. The molecule has 1 aliphatic heterocycles. The third kappa shape index (κ3) is 3.32. The maximum Gasteiger partial charge on any atom is 0.239 e. The zero-order valence-corrected chi connectivity index (χ0v) is 18.1. The zero-order valence-electron chi connectivity index (χ0n) is 17.3. The molecule has 0 aliphatic carbocycles. The predicted molar refractivity (Wildman–Crippen MR) is 113 cm³/mol. The van der Waals surface area contributed by atoms with Gasteiger partial charge in [0.05, 0.1) is 0 Å². The minimum absolute atomic E-state index is 0.0187. The van der Waals surface area contributed by atoms with Crippen LogP contribution in [0.3, 0.4) is 0 Å². The third-order valence-corrected chi connectivity index (χ3v) is 9.20. The molecule has 1 heterocycles. The molecule has 156 valence electrons. The third-order valence-electron chi connectivity index (χ3n) is 6.57. The van der Waals surface area contributed by atoms with Gasteiger partial charge in [-0.05, 0) is 51.6 Å². The molecule has 0 saturated carbocycles. The van der Waals surface area contributed by atoms with Crippen molar-refractivity contribution < 1.29 is 17.9 Å². The summed E-state index contributed by atoms with van der Waals surface area (Å²) in [6.45, 7) is 6.12. The maximum atomic E-state index is 14.0. The summed E-state index contributed by atoms with van der Waals surface area (Å²) in [5, 5.41) is 0. The van der Waals surface area contributed by atoms with Crippen LogP contribution in [0, 0.1) is 5.92 Å². The first-order chi connectivity index (χ1) is 13.5. The number of primary amides is 1. The first-order valence-electron chi connectivity index (χ1n) is 9.63. The van der Waals surface area contributed by atoms with Crippen molar-refractivity contribution in [2.75, 3.05) is 13.6 Å². The van der Waals surface area contributed by atoms with Crippen molar-refractivity contribution in [2.24, 2.45) is 11.7 Å². The van der Waals surface area contributed by atoms with E-state index < -0.39 is 31.9 Å². The number of para-hydroxylation sites is 2. The van der Waals surface area contributed by atoms with Gasteiger partial charge < -0.3 is 15.4 Å². The Hall–Kier alpha value is -2.38. The van der Waals surface area contributed by atoms with Crippen LogP contribution in [0.1, 0.15) is 27.2 Å². The van der Waals surface area contributed by atoms with E-state index in [0.29, 0.717) is 12.3 Å². The maximum absolute atomic E-state index is 14.0. The van der Waals surface area contributed by atoms with Crippen molar-refractivity contribution in [2.45, 2.75) is 42.4 Å². The number of nitrogens with zero attached hydrogens (tertiary/aromatic N) is 1. The van der Waals surface area contributed by atoms with Crippen LogP contribution in [0.5, 0.6) is 11.5 Å². The molecule has 7 heteroatoms. The minimum atomic E-state index is -4.14. The Morgan fingerprint density at radius 3 is 2.31 bits per heavy atom. The lowest BCUT2D eigenvalue weighted by Gasteiger charge is -2.53. The van der Waals surface area contributed by atoms with Crippen molar-refractivity contribution in [1.29, 1.82) is 0 Å². The second kappa shape index (κ2) is 7.46. The highest BCUT2D eigenvalue weighted by Gasteiger charge is 2.61. The van der Waals surface area contributed by atoms with Crippen LogP contribution in [0.4, 0.5) is 0 Å². The molecule has 1 amide bonds. The summed E-state index contributed by atoms with van der Waals surface area (Å²) in [4.78, 5) is 14.8. The van der Waals surface area contributed by atoms with Crippen LogP contribution in [0.2, 0.25) is 0 Å². The van der Waals surface area contributed by atoms with Gasteiger partial charge in [0.1, 0.15) is 16.4 Å². The van der Waals surface area contributed by atoms with E-state index in [-0.39, 0.29) is 17.1 Å². The summed E-state index contributed by atoms with van der Waals surface area (Å²) in [5.74, 6) is -0.648. The summed E-state index contributed by atoms with van der Waals surface area (Å²) in [6, 6.07) is 15.4. The Morgan fingerprint density at radius 1 is 1.10 bits per heavy atom. The molecule has 29 heavy (non-hydrogen) atoms. The highest BCUT2D eigenvalue weighted by molar-refractivity contribution is 7.93. The number of benzene rings is 2. The fourth-order valence-electron chi connectivity index (χ4n) is 4.14. The van der Waals surface area contributed by atoms with E-state index >= 15 is 0 Å². The molecular weight excluding hydrogens is 388 g/mol. The van der Waals surface area contributed by atoms with Gasteiger partial charge in [-0.25, -0.2) is 8.42 Å². The molecule has 0 bridgehead atoms. The smallest absolute Gasteiger partial charge is 0.239 e. The lowest BCUT2D eigenvalue weighted by atomic mass is 9.72. The van der Waals surface area contributed by atoms with Gasteiger partial charge in [0.25, 0.3) is 0 Å². The number of piperidine rings is 1. The van der Waals surface area contributed by atoms with Crippen LogP contribution in [0.25, 0.3) is 0 Å². The number of likely N-dealkylation sites (tertiary alicyclic amines) is 1. The van der Waals surface area contributed by atoms with Crippen LogP contribution >= 0.6 is 0 Å². The van der Waals surface area contributed by atoms with Gasteiger partial charge in [-0.15, -0.1) is 0 Å². The molecule has 0 radical (unpaired) electrons. The molecule has 6 nitrogen and oxygen atoms in total. The largest absolute Gasteiger partial charge is 0.456 e. The van der Waals surface area contributed by atoms with Gasteiger partial charge in [0.15, 0.2) is 14.6 Å². The van der Waals surface area contributed by atoms with Crippen LogP contribution in [0.15, 0.2) is 59.5 Å². The Kier molecular flexibility index (Phi) is 5.49. The molecule has 2 aromatic rings. The summed E-state index contributed by atoms with van der Waals surface area (Å²) in [7, 11) is -2.21. The molecule has 0 spiro atoms. The van der Waals surface area contributed by atoms with Crippen molar-refractivity contribution in [1.82, 2.24) is 4.90 Å². The molecule has 3 rings (SSSR count). The van der Waals surface area contributed by atoms with E-state index in [1.807, 2.05) is 27.0 Å². The van der Waals surface area contributed by atoms with Crippen LogP contribution in [-0.2, 0) is 14.6 Å². The summed E-state index contributed by atoms with van der Waals surface area (Å²) in [5.41, 5.74) is 5.28. The van der Waals surface area contributed by atoms with E-state index in [0.717, 1.165) is 0 Å². The van der Waals surface area contributed by atoms with Crippen LogP contribution < -0.4 is 10.5 Å². The topological polar surface area (TPSA) is 89.7 Å². The molecule has 2 atom stereocenters. The second-order valence-electron chi connectivity index (χ2n) is 8.17. The standard InChI is InChI=1S/C22H28N2O4S/c1-16-21(2,3)24(4)15-14-22(16,20(23)25)29(26,27)19-13-9-8-12-18(19)28-17-10-6-5-7-11-17/h5-13,16H,14-15H2,1-4H3,(H2,23,25). The summed E-state index contributed by atoms with van der Waals surface area (Å²) in [6.07, 6.45) is 0.130. The number of nitrogens with two attached hydrogens (primary N) is 1. The van der Waals surface area contributed by atoms with Gasteiger partial charge in [-0.1, -0.05) is 37.3 Å². The number of amides is 1. The SMILES string of the molecule is CC1C(C)(C)N(C)CCC1(C(N)=O)S(=O)(=O)c1ccccc1Oc1ccccc1. The average Bonchev–Trinajstić information content (AvgIpc) is 2.67. The molecular formula is C22H28N2O4S. The second-order valence-corrected chi connectivity index (χ2v) is 10.3. The lowest BCUT2D eigenvalue weighted by Crippen LogP contribution is -2.68. The van der Waals surface area contributed by atoms with E-state index in [4.69, 9.17) is 10.5 Å². The Bertz CT molecular complexity index is 1000. The van der Waals surface area contributed by atoms with E-state index in [9.17, 15) is 13.2 Å². The van der Waals surface area contributed by atoms with E-state index in [2.05, 4.69) is 4.90 Å². The monoisotopic (exact) mass is 416 g/mol. The molecule has 1 fully saturated rings. The van der Waals surface area contributed by atoms with Gasteiger partial charge in [-0.3, -0.25) is 4.79 Å². The number of carbonyl (C=O) groups is 1. The average molecular weight is 417 g/mol. The zero-order chi connectivity index (χ0) is 21.4. The highest BCUT2D eigenvalue weighted by atomic mass is 32.2. The van der Waals surface area contributed by atoms with Crippen molar-refractivity contribution >= 4 is 15.7 Å². The first-order valence-corrected chi connectivity index (χ1v) is 11.1. The van der Waals surface area contributed by atoms with Gasteiger partial charge in [0.2, 0.25) is 5.91 Å². The van der Waals surface area contributed by atoms with Crippen LogP contribution in [-0.4, -0.2) is 43.1 Å². The van der Waals surface area contributed by atoms with Gasteiger partial charge >= 0.3 is 0 Å².